The van der Waals surface area contributed by atoms with Gasteiger partial charge in [0.15, 0.2) is 5.82 Å². The van der Waals surface area contributed by atoms with E-state index in [1.807, 2.05) is 0 Å². The molecule has 5 heterocycles. The monoisotopic (exact) mass is 963 g/mol. The number of benzene rings is 4. The molecule has 3 aliphatic heterocycles. The number of carbonyl (C=O) groups is 8. The number of amides is 8. The number of halogens is 1. The molecule has 6 aromatic rings. The molecular formula is C48H42FN13O9. The highest BCUT2D eigenvalue weighted by molar-refractivity contribution is 6.25. The second-order valence-electron chi connectivity index (χ2n) is 16.8. The van der Waals surface area contributed by atoms with Crippen LogP contribution in [0.3, 0.4) is 0 Å². The molecule has 3 aliphatic rings. The number of imide groups is 2. The third kappa shape index (κ3) is 10.2. The highest BCUT2D eigenvalue weighted by atomic mass is 19.1. The smallest absolute Gasteiger partial charge is 0.272 e. The summed E-state index contributed by atoms with van der Waals surface area (Å²) in [6.07, 6.45) is 0.219. The zero-order chi connectivity index (χ0) is 49.8. The Morgan fingerprint density at radius 1 is 0.732 bits per heavy atom. The van der Waals surface area contributed by atoms with E-state index in [0.717, 1.165) is 4.90 Å². The quantitative estimate of drug-likeness (QED) is 0.0938. The number of hydrogen-bond acceptors (Lipinski definition) is 15. The van der Waals surface area contributed by atoms with E-state index in [9.17, 15) is 47.5 Å². The summed E-state index contributed by atoms with van der Waals surface area (Å²) in [6, 6.07) is 21.4. The van der Waals surface area contributed by atoms with E-state index in [1.54, 1.807) is 54.6 Å². The molecule has 23 heteroatoms. The van der Waals surface area contributed by atoms with E-state index in [2.05, 4.69) is 51.9 Å². The molecule has 360 valence electrons. The largest absolute Gasteiger partial charge is 0.375 e. The Bertz CT molecular complexity index is 3210. The number of piperidine rings is 1. The fraction of sp³-hybridized carbons (Fsp3) is 0.250. The maximum Gasteiger partial charge on any atom is 0.272 e. The first kappa shape index (κ1) is 46.9. The number of rotatable bonds is 14. The molecule has 2 fully saturated rings. The van der Waals surface area contributed by atoms with Gasteiger partial charge in [-0.25, -0.2) is 9.49 Å². The van der Waals surface area contributed by atoms with Gasteiger partial charge in [-0.15, -0.1) is 20.4 Å². The number of fused-ring (bicyclic) bond motifs is 2. The molecule has 4 aromatic carbocycles. The molecule has 0 aliphatic carbocycles. The Morgan fingerprint density at radius 3 is 2.20 bits per heavy atom. The Labute approximate surface area is 401 Å². The fourth-order valence-electron chi connectivity index (χ4n) is 8.49. The second-order valence-corrected chi connectivity index (χ2v) is 16.8. The minimum absolute atomic E-state index is 0.00912. The first-order valence-electron chi connectivity index (χ1n) is 22.4. The maximum atomic E-state index is 15.0. The summed E-state index contributed by atoms with van der Waals surface area (Å²) in [7, 11) is 0. The first-order valence-corrected chi connectivity index (χ1v) is 22.4. The highest BCUT2D eigenvalue weighted by Gasteiger charge is 2.45. The van der Waals surface area contributed by atoms with Gasteiger partial charge >= 0.3 is 0 Å². The van der Waals surface area contributed by atoms with Crippen molar-refractivity contribution in [3.63, 3.8) is 0 Å². The van der Waals surface area contributed by atoms with Gasteiger partial charge in [0.05, 0.1) is 53.8 Å². The zero-order valence-electron chi connectivity index (χ0n) is 37.6. The topological polar surface area (TPSA) is 292 Å². The summed E-state index contributed by atoms with van der Waals surface area (Å²) >= 11 is 0. The van der Waals surface area contributed by atoms with Gasteiger partial charge in [-0.2, -0.15) is 5.10 Å². The number of nitrogens with one attached hydrogen (secondary N) is 5. The lowest BCUT2D eigenvalue weighted by atomic mass is 10.0. The van der Waals surface area contributed by atoms with Gasteiger partial charge < -0.3 is 25.8 Å². The van der Waals surface area contributed by atoms with Crippen LogP contribution in [0.2, 0.25) is 0 Å². The molecule has 0 saturated carbocycles. The predicted octanol–water partition coefficient (Wildman–Crippen LogP) is 0.673. The van der Waals surface area contributed by atoms with Gasteiger partial charge in [-0.3, -0.25) is 53.4 Å². The van der Waals surface area contributed by atoms with Crippen molar-refractivity contribution in [3.8, 4) is 11.4 Å². The van der Waals surface area contributed by atoms with Gasteiger partial charge in [0.1, 0.15) is 11.9 Å². The Kier molecular flexibility index (Phi) is 13.4. The van der Waals surface area contributed by atoms with Crippen LogP contribution in [0, 0.1) is 5.82 Å². The van der Waals surface area contributed by atoms with Crippen molar-refractivity contribution in [3.05, 3.63) is 140 Å². The zero-order valence-corrected chi connectivity index (χ0v) is 37.6. The van der Waals surface area contributed by atoms with Crippen LogP contribution in [-0.4, -0.2) is 138 Å². The van der Waals surface area contributed by atoms with E-state index >= 15 is 0 Å². The van der Waals surface area contributed by atoms with Crippen LogP contribution in [0.4, 0.5) is 10.1 Å². The van der Waals surface area contributed by atoms with Gasteiger partial charge in [-0.1, -0.05) is 54.6 Å². The number of piperazine rings is 1. The lowest BCUT2D eigenvalue weighted by Gasteiger charge is -2.35. The molecule has 5 N–H and O–H groups in total. The van der Waals surface area contributed by atoms with Crippen molar-refractivity contribution in [2.75, 3.05) is 44.6 Å². The number of anilines is 1. The van der Waals surface area contributed by atoms with Crippen molar-refractivity contribution in [2.24, 2.45) is 0 Å². The summed E-state index contributed by atoms with van der Waals surface area (Å²) in [5.74, 6) is -4.74. The summed E-state index contributed by atoms with van der Waals surface area (Å²) < 4.78 is 15.0. The molecule has 2 saturated heterocycles. The van der Waals surface area contributed by atoms with E-state index in [-0.39, 0.29) is 117 Å². The van der Waals surface area contributed by atoms with E-state index < -0.39 is 53.2 Å². The average molecular weight is 964 g/mol. The minimum Gasteiger partial charge on any atom is -0.375 e. The van der Waals surface area contributed by atoms with Crippen LogP contribution in [0.5, 0.6) is 0 Å². The molecule has 1 unspecified atom stereocenters. The molecule has 0 bridgehead atoms. The third-order valence-corrected chi connectivity index (χ3v) is 12.2. The molecule has 0 spiro atoms. The average Bonchev–Trinajstić information content (AvgIpc) is 3.64. The van der Waals surface area contributed by atoms with E-state index in [4.69, 9.17) is 0 Å². The normalized spacial score (nSPS) is 15.6. The Morgan fingerprint density at radius 2 is 1.45 bits per heavy atom. The molecule has 9 rings (SSSR count). The molecule has 2 aromatic heterocycles. The molecule has 71 heavy (non-hydrogen) atoms. The third-order valence-electron chi connectivity index (χ3n) is 12.2. The van der Waals surface area contributed by atoms with Crippen LogP contribution in [-0.2, 0) is 43.4 Å². The lowest BCUT2D eigenvalue weighted by Crippen LogP contribution is -2.54. The first-order chi connectivity index (χ1) is 34.3. The van der Waals surface area contributed by atoms with Crippen LogP contribution in [0.15, 0.2) is 89.7 Å². The summed E-state index contributed by atoms with van der Waals surface area (Å²) in [5, 5.41) is 34.3. The van der Waals surface area contributed by atoms with Crippen LogP contribution in [0.1, 0.15) is 66.6 Å². The number of H-pyrrole nitrogens is 1. The van der Waals surface area contributed by atoms with Crippen molar-refractivity contribution in [1.82, 2.24) is 61.2 Å². The molecule has 22 nitrogen and oxygen atoms in total. The van der Waals surface area contributed by atoms with Crippen molar-refractivity contribution in [1.29, 1.82) is 0 Å². The van der Waals surface area contributed by atoms with Crippen LogP contribution in [0.25, 0.3) is 22.2 Å². The number of carbonyl (C=O) groups excluding carboxylic acids is 8. The van der Waals surface area contributed by atoms with E-state index in [0.29, 0.717) is 33.2 Å². The predicted molar refractivity (Wildman–Crippen MR) is 247 cm³/mol. The maximum absolute atomic E-state index is 15.0. The number of aromatic nitrogens is 6. The molecule has 0 radical (unpaired) electrons. The van der Waals surface area contributed by atoms with Crippen molar-refractivity contribution < 1.29 is 42.7 Å². The van der Waals surface area contributed by atoms with Gasteiger partial charge in [0.2, 0.25) is 35.4 Å². The molecule has 8 amide bonds. The van der Waals surface area contributed by atoms with Crippen LogP contribution < -0.4 is 26.8 Å². The SMILES string of the molecule is O=C(CNc1cccc2c1C(=O)N(C1CCC(=O)NC1=O)C2=O)NCc1nnc(-c2ccc(CC(=O)NCC(=O)N3CCN(C(=O)c4cc(Cc5n[nH]c(=O)c6ccccc56)ccc4F)CC3)cc2)nn1. The second kappa shape index (κ2) is 20.2. The van der Waals surface area contributed by atoms with Crippen molar-refractivity contribution >= 4 is 63.7 Å². The van der Waals surface area contributed by atoms with Crippen LogP contribution >= 0.6 is 0 Å². The van der Waals surface area contributed by atoms with Gasteiger partial charge in [-0.05, 0) is 47.9 Å². The van der Waals surface area contributed by atoms with Gasteiger partial charge in [0, 0.05) is 55.7 Å². The summed E-state index contributed by atoms with van der Waals surface area (Å²) in [4.78, 5) is 119. The number of nitrogens with zero attached hydrogens (tertiary/aromatic N) is 8. The number of hydrogen-bond donors (Lipinski definition) is 5. The molecular weight excluding hydrogens is 922 g/mol. The summed E-state index contributed by atoms with van der Waals surface area (Å²) in [6.45, 7) is 0.0359. The van der Waals surface area contributed by atoms with E-state index in [1.165, 1.54) is 40.1 Å². The number of aromatic amines is 1. The summed E-state index contributed by atoms with van der Waals surface area (Å²) in [5.41, 5.74) is 2.25. The standard InChI is InChI=1S/C48H42FN13O9/c49-33-13-10-27(21-35-29-4-1-2-5-30(29)44(67)59-54-35)20-32(33)46(69)61-18-16-60(17-19-61)41(66)25-52-39(64)22-26-8-11-28(12-9-26)43-57-55-37(56-58-43)23-51-40(65)24-50-34-7-3-6-31-42(34)48(71)62(47(31)70)36-14-15-38(63)53-45(36)68/h1-13,20,36,50H,14-19,21-25H2,(H,51,65)(H,52,64)(H,59,67)(H,53,63,68). The minimum atomic E-state index is -1.13. The van der Waals surface area contributed by atoms with Gasteiger partial charge in [0.25, 0.3) is 23.3 Å². The highest BCUT2D eigenvalue weighted by Crippen LogP contribution is 2.32. The molecule has 1 atom stereocenters. The fourth-order valence-corrected chi connectivity index (χ4v) is 8.49. The lowest BCUT2D eigenvalue weighted by molar-refractivity contribution is -0.136. The van der Waals surface area contributed by atoms with Crippen molar-refractivity contribution in [2.45, 2.75) is 38.3 Å². The Hall–Kier alpha value is -9.15. The Balaban J connectivity index is 0.695.